The van der Waals surface area contributed by atoms with E-state index >= 15 is 0 Å². The van der Waals surface area contributed by atoms with E-state index in [0.29, 0.717) is 34.3 Å². The molecule has 0 spiro atoms. The van der Waals surface area contributed by atoms with Gasteiger partial charge >= 0.3 is 0 Å². The summed E-state index contributed by atoms with van der Waals surface area (Å²) in [7, 11) is 0. The van der Waals surface area contributed by atoms with Crippen LogP contribution in [0.4, 0.5) is 0 Å². The molecule has 2 heterocycles. The number of fused-ring (bicyclic) bond motifs is 4. The predicted molar refractivity (Wildman–Crippen MR) is 193 cm³/mol. The van der Waals surface area contributed by atoms with Crippen LogP contribution in [0.2, 0.25) is 0 Å². The van der Waals surface area contributed by atoms with E-state index in [4.69, 9.17) is 25.9 Å². The number of hydrogen-bond acceptors (Lipinski definition) is 3. The van der Waals surface area contributed by atoms with Gasteiger partial charge in [-0.15, -0.1) is 0 Å². The van der Waals surface area contributed by atoms with Crippen LogP contribution in [0.5, 0.6) is 0 Å². The minimum Gasteiger partial charge on any atom is -0.309 e. The van der Waals surface area contributed by atoms with Gasteiger partial charge in [-0.05, 0) is 34.5 Å². The molecule has 0 fully saturated rings. The van der Waals surface area contributed by atoms with Crippen molar-refractivity contribution in [1.82, 2.24) is 19.5 Å². The number of hydrogen-bond donors (Lipinski definition) is 0. The van der Waals surface area contributed by atoms with E-state index in [0.717, 1.165) is 27.5 Å². The summed E-state index contributed by atoms with van der Waals surface area (Å²) in [4.78, 5) is 15.0. The van der Waals surface area contributed by atoms with E-state index in [1.54, 1.807) is 6.07 Å². The molecule has 0 saturated carbocycles. The van der Waals surface area contributed by atoms with Gasteiger partial charge in [0.2, 0.25) is 0 Å². The molecule has 4 nitrogen and oxygen atoms in total. The highest BCUT2D eigenvalue weighted by molar-refractivity contribution is 6.09. The van der Waals surface area contributed by atoms with E-state index in [1.165, 1.54) is 4.57 Å². The lowest BCUT2D eigenvalue weighted by Crippen LogP contribution is -2.02. The molecular formula is C43H28N4. The van der Waals surface area contributed by atoms with Crippen molar-refractivity contribution < 1.29 is 11.0 Å². The summed E-state index contributed by atoms with van der Waals surface area (Å²) >= 11 is 0. The standard InChI is InChI=1S/C43H28N4/c1-3-14-30(15-4-1)34-27-26-32(28-40(34)47-38-24-11-9-21-35(38)36-22-10-12-25-39(36)47)42-44-41(31-17-5-2-6-18-31)45-43(46-42)37-23-13-19-29-16-7-8-20-33(29)37/h1-28H/i9D,10D,11D,12D,21D,22D,24D,25D. The lowest BCUT2D eigenvalue weighted by molar-refractivity contribution is 1.07. The van der Waals surface area contributed by atoms with Crippen LogP contribution >= 0.6 is 0 Å². The van der Waals surface area contributed by atoms with Gasteiger partial charge in [0.25, 0.3) is 0 Å². The van der Waals surface area contributed by atoms with Gasteiger partial charge < -0.3 is 4.57 Å². The largest absolute Gasteiger partial charge is 0.309 e. The van der Waals surface area contributed by atoms with Crippen molar-refractivity contribution in [3.05, 3.63) is 170 Å². The van der Waals surface area contributed by atoms with Crippen molar-refractivity contribution in [3.63, 3.8) is 0 Å². The predicted octanol–water partition coefficient (Wildman–Crippen LogP) is 10.8. The zero-order valence-electron chi connectivity index (χ0n) is 32.8. The smallest absolute Gasteiger partial charge is 0.164 e. The van der Waals surface area contributed by atoms with Crippen LogP contribution in [0, 0.1) is 0 Å². The van der Waals surface area contributed by atoms with Crippen molar-refractivity contribution in [1.29, 1.82) is 0 Å². The lowest BCUT2D eigenvalue weighted by Gasteiger charge is -2.16. The molecule has 4 heteroatoms. The Morgan fingerprint density at radius 3 is 1.72 bits per heavy atom. The van der Waals surface area contributed by atoms with E-state index in [1.807, 2.05) is 115 Å². The quantitative estimate of drug-likeness (QED) is 0.195. The third-order valence-electron chi connectivity index (χ3n) is 8.31. The van der Waals surface area contributed by atoms with E-state index in [-0.39, 0.29) is 33.9 Å². The Morgan fingerprint density at radius 1 is 0.426 bits per heavy atom. The molecule has 0 aliphatic rings. The molecule has 0 amide bonds. The number of aromatic nitrogens is 4. The molecule has 220 valence electrons. The van der Waals surface area contributed by atoms with Crippen LogP contribution in [0.1, 0.15) is 11.0 Å². The van der Waals surface area contributed by atoms with Crippen molar-refractivity contribution in [2.75, 3.05) is 0 Å². The third-order valence-corrected chi connectivity index (χ3v) is 8.31. The fourth-order valence-corrected chi connectivity index (χ4v) is 6.14. The highest BCUT2D eigenvalue weighted by Crippen LogP contribution is 2.38. The van der Waals surface area contributed by atoms with Gasteiger partial charge in [0.1, 0.15) is 0 Å². The first-order chi connectivity index (χ1) is 26.6. The summed E-state index contributed by atoms with van der Waals surface area (Å²) in [6.07, 6.45) is 0. The SMILES string of the molecule is [2H]c1c([2H])c([2H])c2c(c1[2H])c1c([2H])c([2H])c([2H])c([2H])c1n2-c1cc(-c2nc(-c3ccccc3)nc(-c3cccc4ccccc34)n2)ccc1-c1ccccc1. The van der Waals surface area contributed by atoms with Gasteiger partial charge in [-0.1, -0.05) is 152 Å². The Bertz CT molecular complexity index is 2940. The maximum absolute atomic E-state index is 9.14. The summed E-state index contributed by atoms with van der Waals surface area (Å²) < 4.78 is 72.1. The van der Waals surface area contributed by atoms with Gasteiger partial charge in [0, 0.05) is 33.0 Å². The summed E-state index contributed by atoms with van der Waals surface area (Å²) in [5.41, 5.74) is 4.03. The zero-order chi connectivity index (χ0) is 38.1. The van der Waals surface area contributed by atoms with Gasteiger partial charge in [-0.3, -0.25) is 0 Å². The molecule has 0 N–H and O–H groups in total. The van der Waals surface area contributed by atoms with Crippen LogP contribution < -0.4 is 0 Å². The van der Waals surface area contributed by atoms with E-state index in [9.17, 15) is 0 Å². The molecule has 0 radical (unpaired) electrons. The maximum Gasteiger partial charge on any atom is 0.164 e. The summed E-state index contributed by atoms with van der Waals surface area (Å²) in [6, 6.07) is 35.1. The highest BCUT2D eigenvalue weighted by atomic mass is 15.0. The summed E-state index contributed by atoms with van der Waals surface area (Å²) in [5, 5.41) is 2.00. The third kappa shape index (κ3) is 4.66. The molecule has 7 aromatic carbocycles. The van der Waals surface area contributed by atoms with Gasteiger partial charge in [-0.25, -0.2) is 15.0 Å². The topological polar surface area (TPSA) is 43.6 Å². The van der Waals surface area contributed by atoms with Gasteiger partial charge in [-0.2, -0.15) is 0 Å². The second-order valence-corrected chi connectivity index (χ2v) is 11.1. The van der Waals surface area contributed by atoms with E-state index in [2.05, 4.69) is 0 Å². The van der Waals surface area contributed by atoms with Crippen LogP contribution in [0.15, 0.2) is 170 Å². The Kier molecular flexibility index (Phi) is 4.74. The van der Waals surface area contributed by atoms with E-state index < -0.39 is 36.3 Å². The van der Waals surface area contributed by atoms with Crippen molar-refractivity contribution in [2.24, 2.45) is 0 Å². The first-order valence-electron chi connectivity index (χ1n) is 19.1. The van der Waals surface area contributed by atoms with Crippen LogP contribution in [-0.4, -0.2) is 19.5 Å². The maximum atomic E-state index is 9.14. The van der Waals surface area contributed by atoms with Crippen LogP contribution in [0.3, 0.4) is 0 Å². The van der Waals surface area contributed by atoms with Crippen molar-refractivity contribution in [3.8, 4) is 51.0 Å². The Morgan fingerprint density at radius 2 is 1.00 bits per heavy atom. The molecule has 0 bridgehead atoms. The minimum absolute atomic E-state index is 0.00202. The summed E-state index contributed by atoms with van der Waals surface area (Å²) in [5.74, 6) is 1.24. The fraction of sp³-hybridized carbons (Fsp3) is 0. The first-order valence-corrected chi connectivity index (χ1v) is 15.1. The number of nitrogens with zero attached hydrogens (tertiary/aromatic N) is 4. The molecular weight excluding hydrogens is 573 g/mol. The second-order valence-electron chi connectivity index (χ2n) is 11.1. The molecule has 2 aromatic heterocycles. The normalized spacial score (nSPS) is 13.8. The minimum atomic E-state index is -0.499. The number of rotatable bonds is 5. The molecule has 0 unspecified atom stereocenters. The Hall–Kier alpha value is -6.39. The molecule has 9 rings (SSSR count). The average Bonchev–Trinajstić information content (AvgIpc) is 3.60. The number of benzene rings is 7. The van der Waals surface area contributed by atoms with Crippen molar-refractivity contribution >= 4 is 32.6 Å². The van der Waals surface area contributed by atoms with Gasteiger partial charge in [0.15, 0.2) is 17.5 Å². The van der Waals surface area contributed by atoms with Crippen LogP contribution in [0.25, 0.3) is 83.6 Å². The van der Waals surface area contributed by atoms with Crippen LogP contribution in [-0.2, 0) is 0 Å². The molecule has 0 atom stereocenters. The average molecular weight is 609 g/mol. The molecule has 9 aromatic rings. The number of para-hydroxylation sites is 2. The Balaban J connectivity index is 1.41. The monoisotopic (exact) mass is 608 g/mol. The molecule has 0 saturated heterocycles. The molecule has 47 heavy (non-hydrogen) atoms. The molecule has 0 aliphatic heterocycles. The molecule has 0 aliphatic carbocycles. The Labute approximate surface area is 283 Å². The highest BCUT2D eigenvalue weighted by Gasteiger charge is 2.19. The fourth-order valence-electron chi connectivity index (χ4n) is 6.14. The van der Waals surface area contributed by atoms with Crippen molar-refractivity contribution in [2.45, 2.75) is 0 Å². The second kappa shape index (κ2) is 11.2. The lowest BCUT2D eigenvalue weighted by atomic mass is 10.0. The zero-order valence-corrected chi connectivity index (χ0v) is 24.8. The van der Waals surface area contributed by atoms with Gasteiger partial charge in [0.05, 0.1) is 27.7 Å². The summed E-state index contributed by atoms with van der Waals surface area (Å²) in [6.45, 7) is 0. The first kappa shape index (κ1) is 19.9.